The van der Waals surface area contributed by atoms with Gasteiger partial charge in [-0.2, -0.15) is 9.78 Å². The second-order valence-corrected chi connectivity index (χ2v) is 6.53. The fourth-order valence-corrected chi connectivity index (χ4v) is 3.55. The zero-order chi connectivity index (χ0) is 17.7. The summed E-state index contributed by atoms with van der Waals surface area (Å²) in [7, 11) is 0. The second kappa shape index (κ2) is 6.13. The summed E-state index contributed by atoms with van der Waals surface area (Å²) in [5.74, 6) is 0.574. The van der Waals surface area contributed by atoms with Gasteiger partial charge in [-0.05, 0) is 23.2 Å². The van der Waals surface area contributed by atoms with Crippen molar-refractivity contribution in [2.75, 3.05) is 0 Å². The minimum Gasteiger partial charge on any atom is -0.388 e. The number of imidazole rings is 1. The molecule has 0 aromatic carbocycles. The van der Waals surface area contributed by atoms with E-state index in [-0.39, 0.29) is 10.4 Å². The summed E-state index contributed by atoms with van der Waals surface area (Å²) < 4.78 is 1.64. The average Bonchev–Trinajstić information content (AvgIpc) is 3.27. The molecule has 1 saturated carbocycles. The van der Waals surface area contributed by atoms with E-state index >= 15 is 0 Å². The van der Waals surface area contributed by atoms with Crippen LogP contribution in [0, 0.1) is 0 Å². The summed E-state index contributed by atoms with van der Waals surface area (Å²) in [5, 5.41) is 33.2. The fourth-order valence-electron chi connectivity index (χ4n) is 3.13. The highest BCUT2D eigenvalue weighted by Crippen LogP contribution is 2.39. The van der Waals surface area contributed by atoms with Crippen molar-refractivity contribution in [1.29, 1.82) is 0 Å². The zero-order valence-corrected chi connectivity index (χ0v) is 14.5. The number of halogens is 2. The van der Waals surface area contributed by atoms with Gasteiger partial charge in [0.2, 0.25) is 5.28 Å². The van der Waals surface area contributed by atoms with Crippen LogP contribution in [0.3, 0.4) is 0 Å². The summed E-state index contributed by atoms with van der Waals surface area (Å²) in [5.41, 5.74) is 0.769. The van der Waals surface area contributed by atoms with Gasteiger partial charge in [0, 0.05) is 6.42 Å². The zero-order valence-electron chi connectivity index (χ0n) is 13.0. The number of aryl methyl sites for hydroxylation is 1. The molecule has 4 rings (SSSR count). The highest BCUT2D eigenvalue weighted by atomic mass is 35.5. The van der Waals surface area contributed by atoms with E-state index in [1.807, 2.05) is 6.92 Å². The molecule has 1 fully saturated rings. The fraction of sp³-hybridized carbons (Fsp3) is 0.538. The normalized spacial score (nSPS) is 26.6. The third-order valence-corrected chi connectivity index (χ3v) is 4.85. The standard InChI is InChI=1S/C13H14Cl2N8O2/c1-2-7-19-21-23(20-7)6-3-5(9(24)10(6)25)22-4-16-8-11(14)17-13(15)18-12(8)22/h4-6,9-10,24-25H,2-3H2,1H3/t5-,6+,9+,10-/m1/s1. The van der Waals surface area contributed by atoms with Gasteiger partial charge in [-0.15, -0.1) is 10.2 Å². The van der Waals surface area contributed by atoms with Gasteiger partial charge in [0.1, 0.15) is 23.8 Å². The largest absolute Gasteiger partial charge is 0.388 e. The van der Waals surface area contributed by atoms with Crippen LogP contribution in [-0.2, 0) is 6.42 Å². The van der Waals surface area contributed by atoms with Crippen molar-refractivity contribution >= 4 is 34.4 Å². The van der Waals surface area contributed by atoms with Crippen LogP contribution in [0.2, 0.25) is 10.4 Å². The smallest absolute Gasteiger partial charge is 0.225 e. The van der Waals surface area contributed by atoms with Crippen molar-refractivity contribution in [3.63, 3.8) is 0 Å². The molecule has 2 N–H and O–H groups in total. The maximum atomic E-state index is 10.5. The molecule has 12 heteroatoms. The van der Waals surface area contributed by atoms with E-state index in [1.54, 1.807) is 4.57 Å². The molecule has 4 atom stereocenters. The highest BCUT2D eigenvalue weighted by molar-refractivity contribution is 6.35. The molecule has 0 unspecified atom stereocenters. The van der Waals surface area contributed by atoms with Crippen LogP contribution in [0.5, 0.6) is 0 Å². The Kier molecular flexibility index (Phi) is 4.07. The Morgan fingerprint density at radius 1 is 1.20 bits per heavy atom. The summed E-state index contributed by atoms with van der Waals surface area (Å²) in [4.78, 5) is 13.5. The lowest BCUT2D eigenvalue weighted by Gasteiger charge is -2.17. The van der Waals surface area contributed by atoms with Gasteiger partial charge in [0.05, 0.1) is 12.4 Å². The Bertz CT molecular complexity index is 928. The topological polar surface area (TPSA) is 128 Å². The van der Waals surface area contributed by atoms with Crippen molar-refractivity contribution in [3.05, 3.63) is 22.6 Å². The van der Waals surface area contributed by atoms with Crippen LogP contribution in [0.15, 0.2) is 6.33 Å². The molecule has 0 radical (unpaired) electrons. The molecule has 3 aromatic rings. The van der Waals surface area contributed by atoms with E-state index < -0.39 is 24.3 Å². The number of aliphatic hydroxyl groups excluding tert-OH is 2. The Labute approximate surface area is 151 Å². The van der Waals surface area contributed by atoms with Gasteiger partial charge in [0.25, 0.3) is 0 Å². The number of aliphatic hydroxyl groups is 2. The van der Waals surface area contributed by atoms with Gasteiger partial charge < -0.3 is 14.8 Å². The number of fused-ring (bicyclic) bond motifs is 1. The maximum absolute atomic E-state index is 10.5. The lowest BCUT2D eigenvalue weighted by Crippen LogP contribution is -2.31. The molecule has 0 saturated heterocycles. The van der Waals surface area contributed by atoms with Crippen LogP contribution in [0.1, 0.15) is 31.3 Å². The van der Waals surface area contributed by atoms with Crippen molar-refractivity contribution in [2.45, 2.75) is 44.1 Å². The maximum Gasteiger partial charge on any atom is 0.225 e. The summed E-state index contributed by atoms with van der Waals surface area (Å²) in [6.07, 6.45) is 0.373. The van der Waals surface area contributed by atoms with E-state index in [4.69, 9.17) is 23.2 Å². The molecule has 0 amide bonds. The van der Waals surface area contributed by atoms with E-state index in [0.29, 0.717) is 29.8 Å². The third-order valence-electron chi connectivity index (χ3n) is 4.41. The van der Waals surface area contributed by atoms with Crippen LogP contribution in [0.4, 0.5) is 0 Å². The lowest BCUT2D eigenvalue weighted by atomic mass is 10.2. The first-order valence-electron chi connectivity index (χ1n) is 7.69. The second-order valence-electron chi connectivity index (χ2n) is 5.84. The molecule has 25 heavy (non-hydrogen) atoms. The first-order chi connectivity index (χ1) is 12.0. The molecule has 3 heterocycles. The molecule has 0 aliphatic heterocycles. The molecular weight excluding hydrogens is 371 g/mol. The monoisotopic (exact) mass is 384 g/mol. The average molecular weight is 385 g/mol. The number of hydrogen-bond acceptors (Lipinski definition) is 8. The number of tetrazole rings is 1. The first-order valence-corrected chi connectivity index (χ1v) is 8.45. The molecule has 0 bridgehead atoms. The van der Waals surface area contributed by atoms with Crippen molar-refractivity contribution in [2.24, 2.45) is 0 Å². The summed E-state index contributed by atoms with van der Waals surface area (Å²) in [6.45, 7) is 1.91. The molecule has 1 aliphatic carbocycles. The number of rotatable bonds is 3. The van der Waals surface area contributed by atoms with Gasteiger partial charge in [-0.3, -0.25) is 0 Å². The Balaban J connectivity index is 1.72. The first kappa shape index (κ1) is 16.6. The van der Waals surface area contributed by atoms with Gasteiger partial charge in [-0.1, -0.05) is 18.5 Å². The number of nitrogens with zero attached hydrogens (tertiary/aromatic N) is 8. The molecule has 132 valence electrons. The van der Waals surface area contributed by atoms with Gasteiger partial charge in [0.15, 0.2) is 16.6 Å². The van der Waals surface area contributed by atoms with Crippen LogP contribution in [-0.4, -0.2) is 62.1 Å². The quantitative estimate of drug-likeness (QED) is 0.495. The van der Waals surface area contributed by atoms with Gasteiger partial charge in [-0.25, -0.2) is 9.97 Å². The Morgan fingerprint density at radius 3 is 2.68 bits per heavy atom. The van der Waals surface area contributed by atoms with E-state index in [1.165, 1.54) is 11.1 Å². The molecule has 0 spiro atoms. The SMILES string of the molecule is CCc1nnn([C@H]2C[C@@H](n3cnc4c(Cl)nc(Cl)nc43)[C@H](O)[C@@H]2O)n1. The van der Waals surface area contributed by atoms with Crippen LogP contribution < -0.4 is 0 Å². The minimum atomic E-state index is -1.06. The number of aromatic nitrogens is 8. The molecule has 3 aromatic heterocycles. The van der Waals surface area contributed by atoms with E-state index in [9.17, 15) is 10.2 Å². The highest BCUT2D eigenvalue weighted by Gasteiger charge is 2.45. The van der Waals surface area contributed by atoms with Crippen molar-refractivity contribution in [1.82, 2.24) is 39.7 Å². The molecular formula is C13H14Cl2N8O2. The van der Waals surface area contributed by atoms with Crippen molar-refractivity contribution in [3.8, 4) is 0 Å². The summed E-state index contributed by atoms with van der Waals surface area (Å²) in [6, 6.07) is -1.01. The predicted octanol–water partition coefficient (Wildman–Crippen LogP) is 0.590. The predicted molar refractivity (Wildman–Crippen MR) is 87.2 cm³/mol. The van der Waals surface area contributed by atoms with E-state index in [0.717, 1.165) is 0 Å². The summed E-state index contributed by atoms with van der Waals surface area (Å²) >= 11 is 11.9. The van der Waals surface area contributed by atoms with E-state index in [2.05, 4.69) is 30.4 Å². The minimum absolute atomic E-state index is 0.0191. The number of hydrogen-bond donors (Lipinski definition) is 2. The molecule has 1 aliphatic rings. The van der Waals surface area contributed by atoms with Crippen LogP contribution >= 0.6 is 23.2 Å². The van der Waals surface area contributed by atoms with Gasteiger partial charge >= 0.3 is 0 Å². The third kappa shape index (κ3) is 2.65. The lowest BCUT2D eigenvalue weighted by molar-refractivity contribution is 0.00473. The Hall–Kier alpha value is -1.88. The molecule has 10 nitrogen and oxygen atoms in total. The van der Waals surface area contributed by atoms with Crippen LogP contribution in [0.25, 0.3) is 11.2 Å². The Morgan fingerprint density at radius 2 is 1.96 bits per heavy atom. The van der Waals surface area contributed by atoms with Crippen molar-refractivity contribution < 1.29 is 10.2 Å².